The fourth-order valence-corrected chi connectivity index (χ4v) is 7.49. The van der Waals surface area contributed by atoms with Gasteiger partial charge in [-0.05, 0) is 124 Å². The van der Waals surface area contributed by atoms with Crippen LogP contribution in [-0.2, 0) is 33.5 Å². The van der Waals surface area contributed by atoms with E-state index in [1.54, 1.807) is 14.2 Å². The summed E-state index contributed by atoms with van der Waals surface area (Å²) in [6.45, 7) is 18.6. The molecule has 0 N–H and O–H groups in total. The maximum absolute atomic E-state index is 6.61. The lowest BCUT2D eigenvalue weighted by atomic mass is 9.65. The first kappa shape index (κ1) is 37.7. The van der Waals surface area contributed by atoms with Gasteiger partial charge in [-0.1, -0.05) is 60.7 Å². The SMILES string of the molecule is COCCOc1ccc(C2(c3ccc(OCCOC)cc3)c3cc(B4OC(C)(C)C(C)(C)O4)ccc3-c3ccc(B4OC(C)(C)C(C)(C)O4)cc32)cc1. The average molecular weight is 719 g/mol. The molecule has 2 saturated heterocycles. The first-order valence-corrected chi connectivity index (χ1v) is 18.6. The molecule has 0 radical (unpaired) electrons. The van der Waals surface area contributed by atoms with Crippen LogP contribution in [0.2, 0.25) is 0 Å². The zero-order chi connectivity index (χ0) is 37.8. The van der Waals surface area contributed by atoms with Crippen molar-refractivity contribution in [3.63, 3.8) is 0 Å². The summed E-state index contributed by atoms with van der Waals surface area (Å²) < 4.78 is 49.0. The monoisotopic (exact) mass is 718 g/mol. The number of benzene rings is 4. The number of hydrogen-bond acceptors (Lipinski definition) is 8. The Labute approximate surface area is 315 Å². The van der Waals surface area contributed by atoms with Gasteiger partial charge in [0.1, 0.15) is 24.7 Å². The highest BCUT2D eigenvalue weighted by molar-refractivity contribution is 6.62. The third-order valence-electron chi connectivity index (χ3n) is 11.9. The highest BCUT2D eigenvalue weighted by Crippen LogP contribution is 2.56. The van der Waals surface area contributed by atoms with Gasteiger partial charge >= 0.3 is 14.2 Å². The van der Waals surface area contributed by atoms with Crippen molar-refractivity contribution < 1.29 is 37.6 Å². The van der Waals surface area contributed by atoms with Gasteiger partial charge < -0.3 is 37.6 Å². The summed E-state index contributed by atoms with van der Waals surface area (Å²) in [6.07, 6.45) is 0. The van der Waals surface area contributed by atoms with Crippen molar-refractivity contribution in [3.05, 3.63) is 107 Å². The number of ether oxygens (including phenoxy) is 4. The Morgan fingerprint density at radius 1 is 0.453 bits per heavy atom. The second kappa shape index (κ2) is 13.9. The van der Waals surface area contributed by atoms with E-state index in [0.29, 0.717) is 26.4 Å². The van der Waals surface area contributed by atoms with Crippen LogP contribution in [0, 0.1) is 0 Å². The summed E-state index contributed by atoms with van der Waals surface area (Å²) in [5.74, 6) is 1.55. The minimum Gasteiger partial charge on any atom is -0.491 e. The van der Waals surface area contributed by atoms with Crippen molar-refractivity contribution in [1.82, 2.24) is 0 Å². The van der Waals surface area contributed by atoms with Crippen molar-refractivity contribution in [2.45, 2.75) is 83.2 Å². The van der Waals surface area contributed by atoms with Gasteiger partial charge in [-0.2, -0.15) is 0 Å². The Balaban J connectivity index is 1.44. The maximum atomic E-state index is 6.61. The van der Waals surface area contributed by atoms with Gasteiger partial charge in [-0.15, -0.1) is 0 Å². The van der Waals surface area contributed by atoms with Crippen molar-refractivity contribution in [1.29, 1.82) is 0 Å². The molecule has 0 atom stereocenters. The maximum Gasteiger partial charge on any atom is 0.494 e. The fraction of sp³-hybridized carbons (Fsp3) is 0.442. The zero-order valence-electron chi connectivity index (χ0n) is 32.8. The molecule has 0 saturated carbocycles. The molecule has 3 aliphatic rings. The molecule has 0 unspecified atom stereocenters. The topological polar surface area (TPSA) is 73.8 Å². The molecule has 4 aromatic carbocycles. The summed E-state index contributed by atoms with van der Waals surface area (Å²) in [5.41, 5.74) is 5.97. The minimum absolute atomic E-state index is 0.464. The first-order chi connectivity index (χ1) is 25.1. The molecule has 2 heterocycles. The van der Waals surface area contributed by atoms with Crippen molar-refractivity contribution >= 4 is 25.2 Å². The zero-order valence-corrected chi connectivity index (χ0v) is 32.8. The lowest BCUT2D eigenvalue weighted by Gasteiger charge is -2.34. The van der Waals surface area contributed by atoms with Crippen LogP contribution in [0.1, 0.15) is 77.6 Å². The molecule has 278 valence electrons. The Bertz CT molecular complexity index is 1760. The Kier molecular flexibility index (Phi) is 9.88. The van der Waals surface area contributed by atoms with E-state index in [1.807, 2.05) is 24.3 Å². The number of methoxy groups -OCH3 is 2. The number of fused-ring (bicyclic) bond motifs is 3. The molecule has 2 aliphatic heterocycles. The molecule has 7 rings (SSSR count). The van der Waals surface area contributed by atoms with Crippen LogP contribution in [0.3, 0.4) is 0 Å². The molecule has 2 fully saturated rings. The third kappa shape index (κ3) is 6.51. The van der Waals surface area contributed by atoms with Gasteiger partial charge in [0.25, 0.3) is 0 Å². The molecule has 0 amide bonds. The summed E-state index contributed by atoms with van der Waals surface area (Å²) in [6, 6.07) is 30.1. The molecule has 53 heavy (non-hydrogen) atoms. The quantitative estimate of drug-likeness (QED) is 0.104. The van der Waals surface area contributed by atoms with Gasteiger partial charge in [0, 0.05) is 14.2 Å². The molecule has 4 aromatic rings. The van der Waals surface area contributed by atoms with Gasteiger partial charge in [0.15, 0.2) is 0 Å². The fourth-order valence-electron chi connectivity index (χ4n) is 7.49. The van der Waals surface area contributed by atoms with Crippen molar-refractivity contribution in [2.24, 2.45) is 0 Å². The molecule has 0 spiro atoms. The molecular weight excluding hydrogens is 666 g/mol. The predicted molar refractivity (Wildman–Crippen MR) is 210 cm³/mol. The summed E-state index contributed by atoms with van der Waals surface area (Å²) >= 11 is 0. The molecular formula is C43H52B2O8. The Morgan fingerprint density at radius 2 is 0.792 bits per heavy atom. The van der Waals surface area contributed by atoms with Gasteiger partial charge in [-0.25, -0.2) is 0 Å². The Hall–Kier alpha value is -3.63. The lowest BCUT2D eigenvalue weighted by Crippen LogP contribution is -2.41. The standard InChI is InChI=1S/C43H52B2O8/c1-39(2)40(3,4)51-44(50-39)31-15-21-35-36-22-16-32(45-52-41(5,6)42(7,8)53-45)28-38(36)43(37(35)27-31,29-11-17-33(18-12-29)48-25-23-46-9)30-13-19-34(20-14-30)49-26-24-47-10/h11-22,27-28H,23-26H2,1-10H3. The second-order valence-corrected chi connectivity index (χ2v) is 16.3. The van der Waals surface area contributed by atoms with E-state index in [0.717, 1.165) is 55.8 Å². The summed E-state index contributed by atoms with van der Waals surface area (Å²) in [4.78, 5) is 0. The van der Waals surface area contributed by atoms with E-state index in [2.05, 4.69) is 116 Å². The molecule has 0 bridgehead atoms. The van der Waals surface area contributed by atoms with Gasteiger partial charge in [-0.3, -0.25) is 0 Å². The second-order valence-electron chi connectivity index (χ2n) is 16.3. The lowest BCUT2D eigenvalue weighted by molar-refractivity contribution is 0.00578. The molecule has 0 aromatic heterocycles. The highest BCUT2D eigenvalue weighted by atomic mass is 16.7. The largest absolute Gasteiger partial charge is 0.494 e. The smallest absolute Gasteiger partial charge is 0.491 e. The van der Waals surface area contributed by atoms with Crippen LogP contribution in [-0.4, -0.2) is 77.3 Å². The summed E-state index contributed by atoms with van der Waals surface area (Å²) in [5, 5.41) is 0. The van der Waals surface area contributed by atoms with Gasteiger partial charge in [0.2, 0.25) is 0 Å². The van der Waals surface area contributed by atoms with Crippen LogP contribution in [0.5, 0.6) is 11.5 Å². The van der Waals surface area contributed by atoms with Crippen LogP contribution in [0.15, 0.2) is 84.9 Å². The van der Waals surface area contributed by atoms with E-state index in [4.69, 9.17) is 37.6 Å². The van der Waals surface area contributed by atoms with Crippen LogP contribution < -0.4 is 20.4 Å². The van der Waals surface area contributed by atoms with E-state index in [-0.39, 0.29) is 0 Å². The normalized spacial score (nSPS) is 20.0. The first-order valence-electron chi connectivity index (χ1n) is 18.6. The highest BCUT2D eigenvalue weighted by Gasteiger charge is 2.55. The van der Waals surface area contributed by atoms with E-state index < -0.39 is 42.1 Å². The van der Waals surface area contributed by atoms with E-state index in [9.17, 15) is 0 Å². The summed E-state index contributed by atoms with van der Waals surface area (Å²) in [7, 11) is 2.30. The van der Waals surface area contributed by atoms with E-state index >= 15 is 0 Å². The van der Waals surface area contributed by atoms with Crippen LogP contribution in [0.25, 0.3) is 11.1 Å². The number of rotatable bonds is 12. The third-order valence-corrected chi connectivity index (χ3v) is 11.9. The minimum atomic E-state index is -0.750. The average Bonchev–Trinajstić information content (AvgIpc) is 3.63. The van der Waals surface area contributed by atoms with Crippen molar-refractivity contribution in [3.8, 4) is 22.6 Å². The molecule has 8 nitrogen and oxygen atoms in total. The molecule has 1 aliphatic carbocycles. The predicted octanol–water partition coefficient (Wildman–Crippen LogP) is 6.70. The number of hydrogen-bond donors (Lipinski definition) is 0. The Morgan fingerprint density at radius 3 is 1.11 bits per heavy atom. The van der Waals surface area contributed by atoms with Crippen LogP contribution >= 0.6 is 0 Å². The molecule has 10 heteroatoms. The van der Waals surface area contributed by atoms with Crippen molar-refractivity contribution in [2.75, 3.05) is 40.6 Å². The van der Waals surface area contributed by atoms with Crippen LogP contribution in [0.4, 0.5) is 0 Å². The van der Waals surface area contributed by atoms with E-state index in [1.165, 1.54) is 0 Å². The van der Waals surface area contributed by atoms with Gasteiger partial charge in [0.05, 0.1) is 41.0 Å².